The van der Waals surface area contributed by atoms with E-state index in [-0.39, 0.29) is 14.9 Å². The van der Waals surface area contributed by atoms with Gasteiger partial charge in [-0.1, -0.05) is 47.5 Å². The summed E-state index contributed by atoms with van der Waals surface area (Å²) in [6, 6.07) is 10.1. The van der Waals surface area contributed by atoms with Crippen LogP contribution in [0.1, 0.15) is 15.2 Å². The summed E-state index contributed by atoms with van der Waals surface area (Å²) in [5.41, 5.74) is -1.70. The van der Waals surface area contributed by atoms with Crippen molar-refractivity contribution >= 4 is 62.2 Å². The van der Waals surface area contributed by atoms with Gasteiger partial charge in [-0.05, 0) is 18.2 Å². The average Bonchev–Trinajstić information content (AvgIpc) is 2.98. The van der Waals surface area contributed by atoms with Crippen LogP contribution in [0.5, 0.6) is 0 Å². The Labute approximate surface area is 170 Å². The monoisotopic (exact) mass is 447 g/mol. The fraction of sp³-hybridized carbons (Fsp3) is 0.111. The number of amides is 1. The molecule has 3 rings (SSSR count). The second kappa shape index (κ2) is 7.98. The van der Waals surface area contributed by atoms with Crippen molar-refractivity contribution in [2.45, 2.75) is 6.18 Å². The summed E-state index contributed by atoms with van der Waals surface area (Å²) in [4.78, 5) is 24.3. The van der Waals surface area contributed by atoms with E-state index in [1.54, 1.807) is 24.3 Å². The van der Waals surface area contributed by atoms with Gasteiger partial charge in [0, 0.05) is 10.1 Å². The first-order chi connectivity index (χ1) is 13.2. The fourth-order valence-electron chi connectivity index (χ4n) is 2.40. The lowest BCUT2D eigenvalue weighted by Gasteiger charge is -2.15. The maximum Gasteiger partial charge on any atom is 0.418 e. The largest absolute Gasteiger partial charge is 0.451 e. The molecule has 1 heterocycles. The molecule has 0 atom stereocenters. The van der Waals surface area contributed by atoms with Crippen LogP contribution in [-0.2, 0) is 15.7 Å². The van der Waals surface area contributed by atoms with Crippen molar-refractivity contribution in [1.82, 2.24) is 0 Å². The van der Waals surface area contributed by atoms with Gasteiger partial charge < -0.3 is 10.1 Å². The molecule has 0 radical (unpaired) electrons. The summed E-state index contributed by atoms with van der Waals surface area (Å²) >= 11 is 13.0. The van der Waals surface area contributed by atoms with E-state index >= 15 is 0 Å². The van der Waals surface area contributed by atoms with Crippen molar-refractivity contribution in [3.8, 4) is 0 Å². The maximum atomic E-state index is 13.1. The van der Waals surface area contributed by atoms with Crippen LogP contribution in [0, 0.1) is 0 Å². The third-order valence-electron chi connectivity index (χ3n) is 3.64. The standard InChI is InChI=1S/C18H10Cl2F3NO3S/c19-11-6-3-5-10(18(21,22)23)15(11)24-13(25)8-27-17(26)16-14(20)9-4-1-2-7-12(9)28-16/h1-7H,8H2,(H,24,25). The molecule has 0 saturated carbocycles. The van der Waals surface area contributed by atoms with Gasteiger partial charge in [0.25, 0.3) is 5.91 Å². The molecule has 0 unspecified atom stereocenters. The number of carbonyl (C=O) groups excluding carboxylic acids is 2. The zero-order valence-corrected chi connectivity index (χ0v) is 16.1. The Balaban J connectivity index is 1.71. The van der Waals surface area contributed by atoms with Gasteiger partial charge in [-0.25, -0.2) is 4.79 Å². The molecule has 146 valence electrons. The third-order valence-corrected chi connectivity index (χ3v) is 5.61. The van der Waals surface area contributed by atoms with E-state index in [9.17, 15) is 22.8 Å². The smallest absolute Gasteiger partial charge is 0.418 e. The van der Waals surface area contributed by atoms with Gasteiger partial charge in [-0.3, -0.25) is 4.79 Å². The second-order valence-electron chi connectivity index (χ2n) is 5.53. The Hall–Kier alpha value is -2.29. The van der Waals surface area contributed by atoms with Crippen LogP contribution < -0.4 is 5.32 Å². The maximum absolute atomic E-state index is 13.1. The lowest BCUT2D eigenvalue weighted by Crippen LogP contribution is -2.23. The Kier molecular flexibility index (Phi) is 5.83. The molecule has 10 heteroatoms. The molecule has 0 spiro atoms. The summed E-state index contributed by atoms with van der Waals surface area (Å²) in [5, 5.41) is 2.60. The summed E-state index contributed by atoms with van der Waals surface area (Å²) in [6.45, 7) is -0.800. The number of ether oxygens (including phenoxy) is 1. The van der Waals surface area contributed by atoms with Crippen LogP contribution in [0.3, 0.4) is 0 Å². The molecular weight excluding hydrogens is 438 g/mol. The molecule has 1 N–H and O–H groups in total. The number of anilines is 1. The van der Waals surface area contributed by atoms with E-state index < -0.39 is 35.9 Å². The first kappa shape index (κ1) is 20.4. The number of alkyl halides is 3. The SMILES string of the molecule is O=C(COC(=O)c1sc2ccccc2c1Cl)Nc1c(Cl)cccc1C(F)(F)F. The van der Waals surface area contributed by atoms with Crippen molar-refractivity contribution < 1.29 is 27.5 Å². The van der Waals surface area contributed by atoms with Gasteiger partial charge in [0.2, 0.25) is 0 Å². The van der Waals surface area contributed by atoms with Crippen LogP contribution >= 0.6 is 34.5 Å². The average molecular weight is 448 g/mol. The Bertz CT molecular complexity index is 1070. The topological polar surface area (TPSA) is 55.4 Å². The molecule has 0 fully saturated rings. The van der Waals surface area contributed by atoms with Crippen molar-refractivity contribution in [2.75, 3.05) is 11.9 Å². The number of carbonyl (C=O) groups is 2. The van der Waals surface area contributed by atoms with E-state index in [0.717, 1.165) is 28.2 Å². The second-order valence-corrected chi connectivity index (χ2v) is 7.36. The van der Waals surface area contributed by atoms with E-state index in [0.29, 0.717) is 5.39 Å². The quantitative estimate of drug-likeness (QED) is 0.497. The van der Waals surface area contributed by atoms with E-state index in [4.69, 9.17) is 27.9 Å². The summed E-state index contributed by atoms with van der Waals surface area (Å²) in [6.07, 6.45) is -4.71. The molecule has 28 heavy (non-hydrogen) atoms. The highest BCUT2D eigenvalue weighted by molar-refractivity contribution is 7.21. The van der Waals surface area contributed by atoms with Gasteiger partial charge in [-0.15, -0.1) is 11.3 Å². The van der Waals surface area contributed by atoms with Crippen molar-refractivity contribution in [2.24, 2.45) is 0 Å². The van der Waals surface area contributed by atoms with Gasteiger partial charge >= 0.3 is 12.1 Å². The molecule has 1 amide bonds. The van der Waals surface area contributed by atoms with Crippen LogP contribution in [0.25, 0.3) is 10.1 Å². The molecule has 2 aromatic carbocycles. The first-order valence-electron chi connectivity index (χ1n) is 7.68. The first-order valence-corrected chi connectivity index (χ1v) is 9.25. The molecule has 1 aromatic heterocycles. The summed E-state index contributed by atoms with van der Waals surface area (Å²) in [7, 11) is 0. The number of fused-ring (bicyclic) bond motifs is 1. The highest BCUT2D eigenvalue weighted by Gasteiger charge is 2.35. The van der Waals surface area contributed by atoms with Crippen LogP contribution in [0.4, 0.5) is 18.9 Å². The summed E-state index contributed by atoms with van der Waals surface area (Å²) in [5.74, 6) is -1.82. The van der Waals surface area contributed by atoms with Gasteiger partial charge in [-0.2, -0.15) is 13.2 Å². The number of thiophene rings is 1. The fourth-order valence-corrected chi connectivity index (χ4v) is 4.03. The molecule has 3 aromatic rings. The lowest BCUT2D eigenvalue weighted by atomic mass is 10.1. The number of halogens is 5. The van der Waals surface area contributed by atoms with Gasteiger partial charge in [0.05, 0.1) is 21.3 Å². The number of hydrogen-bond donors (Lipinski definition) is 1. The number of nitrogens with one attached hydrogen (secondary N) is 1. The Morgan fingerprint density at radius 1 is 1.07 bits per heavy atom. The molecule has 0 bridgehead atoms. The predicted molar refractivity (Wildman–Crippen MR) is 102 cm³/mol. The Morgan fingerprint density at radius 3 is 2.46 bits per heavy atom. The summed E-state index contributed by atoms with van der Waals surface area (Å²) < 4.78 is 44.8. The van der Waals surface area contributed by atoms with Gasteiger partial charge in [0.1, 0.15) is 4.88 Å². The van der Waals surface area contributed by atoms with Crippen LogP contribution in [0.15, 0.2) is 42.5 Å². The number of rotatable bonds is 4. The number of esters is 1. The molecule has 0 aliphatic carbocycles. The van der Waals surface area contributed by atoms with Crippen molar-refractivity contribution in [1.29, 1.82) is 0 Å². The van der Waals surface area contributed by atoms with Crippen LogP contribution in [0.2, 0.25) is 10.0 Å². The van der Waals surface area contributed by atoms with E-state index in [2.05, 4.69) is 0 Å². The third kappa shape index (κ3) is 4.24. The molecular formula is C18H10Cl2F3NO3S. The minimum atomic E-state index is -4.71. The number of benzene rings is 2. The van der Waals surface area contributed by atoms with Gasteiger partial charge in [0.15, 0.2) is 6.61 Å². The zero-order valence-electron chi connectivity index (χ0n) is 13.8. The molecule has 0 saturated heterocycles. The zero-order chi connectivity index (χ0) is 20.5. The molecule has 0 aliphatic rings. The van der Waals surface area contributed by atoms with E-state index in [1.807, 2.05) is 5.32 Å². The lowest BCUT2D eigenvalue weighted by molar-refractivity contribution is -0.137. The van der Waals surface area contributed by atoms with E-state index in [1.165, 1.54) is 6.07 Å². The number of para-hydroxylation sites is 1. The minimum Gasteiger partial charge on any atom is -0.451 e. The number of hydrogen-bond acceptors (Lipinski definition) is 4. The normalized spacial score (nSPS) is 11.5. The molecule has 4 nitrogen and oxygen atoms in total. The van der Waals surface area contributed by atoms with Crippen molar-refractivity contribution in [3.63, 3.8) is 0 Å². The van der Waals surface area contributed by atoms with Crippen LogP contribution in [-0.4, -0.2) is 18.5 Å². The highest BCUT2D eigenvalue weighted by atomic mass is 35.5. The highest BCUT2D eigenvalue weighted by Crippen LogP contribution is 2.38. The molecule has 0 aliphatic heterocycles. The van der Waals surface area contributed by atoms with Crippen molar-refractivity contribution in [3.05, 3.63) is 63.0 Å². The minimum absolute atomic E-state index is 0.101. The predicted octanol–water partition coefficient (Wildman–Crippen LogP) is 6.02. The Morgan fingerprint density at radius 2 is 1.79 bits per heavy atom.